The fourth-order valence-corrected chi connectivity index (χ4v) is 0.145. The zero-order valence-electron chi connectivity index (χ0n) is 5.29. The number of nitrogens with zero attached hydrogens (tertiary/aromatic N) is 2. The minimum absolute atomic E-state index is 0. The first-order chi connectivity index (χ1) is 3.72. The predicted octanol–water partition coefficient (Wildman–Crippen LogP) is 0.306. The van der Waals surface area contributed by atoms with E-state index < -0.39 is 0 Å². The third-order valence-electron chi connectivity index (χ3n) is 0.824. The van der Waals surface area contributed by atoms with E-state index >= 15 is 0 Å². The van der Waals surface area contributed by atoms with Gasteiger partial charge >= 0.3 is 0 Å². The van der Waals surface area contributed by atoms with Crippen LogP contribution < -0.4 is 0 Å². The molecule has 0 fully saturated rings. The van der Waals surface area contributed by atoms with E-state index in [1.54, 1.807) is 0 Å². The normalized spacial score (nSPS) is 12.7. The number of oxime groups is 2. The Balaban J connectivity index is 0. The molecule has 4 nitrogen and oxygen atoms in total. The zero-order chi connectivity index (χ0) is 6.57. The van der Waals surface area contributed by atoms with Crippen LogP contribution in [0, 0.1) is 0 Å². The van der Waals surface area contributed by atoms with Gasteiger partial charge in [-0.15, -0.1) is 0 Å². The molecular formula is C4H8N2O2Sn. The quantitative estimate of drug-likeness (QED) is 0.297. The van der Waals surface area contributed by atoms with E-state index in [0.717, 1.165) is 0 Å². The van der Waals surface area contributed by atoms with Gasteiger partial charge < -0.3 is 10.4 Å². The Hall–Kier alpha value is -0.261. The molecule has 2 N–H and O–H groups in total. The summed E-state index contributed by atoms with van der Waals surface area (Å²) in [7, 11) is 0. The Morgan fingerprint density at radius 3 is 1.33 bits per heavy atom. The van der Waals surface area contributed by atoms with Gasteiger partial charge in [0.1, 0.15) is 11.4 Å². The Morgan fingerprint density at radius 2 is 1.22 bits per heavy atom. The molecule has 0 aliphatic rings. The van der Waals surface area contributed by atoms with Crippen molar-refractivity contribution in [3.8, 4) is 0 Å². The van der Waals surface area contributed by atoms with Gasteiger partial charge in [0.2, 0.25) is 0 Å². The topological polar surface area (TPSA) is 65.2 Å². The Labute approximate surface area is 70.2 Å². The molecule has 0 bridgehead atoms. The third kappa shape index (κ3) is 4.26. The summed E-state index contributed by atoms with van der Waals surface area (Å²) in [5.74, 6) is 0. The summed E-state index contributed by atoms with van der Waals surface area (Å²) in [6.45, 7) is 3.07. The van der Waals surface area contributed by atoms with Crippen LogP contribution >= 0.6 is 0 Å². The summed E-state index contributed by atoms with van der Waals surface area (Å²) in [5, 5.41) is 21.6. The number of hydrogen-bond donors (Lipinski definition) is 2. The van der Waals surface area contributed by atoms with Gasteiger partial charge in [-0.25, -0.2) is 0 Å². The van der Waals surface area contributed by atoms with Gasteiger partial charge in [-0.3, -0.25) is 0 Å². The maximum absolute atomic E-state index is 8.03. The molecule has 0 aromatic heterocycles. The second-order valence-corrected chi connectivity index (χ2v) is 1.37. The van der Waals surface area contributed by atoms with Crippen molar-refractivity contribution in [3.05, 3.63) is 0 Å². The van der Waals surface area contributed by atoms with Crippen LogP contribution in [0.5, 0.6) is 0 Å². The monoisotopic (exact) mass is 236 g/mol. The molecule has 50 valence electrons. The Kier molecular flexibility index (Phi) is 7.51. The first kappa shape index (κ1) is 11.5. The van der Waals surface area contributed by atoms with Crippen molar-refractivity contribution in [2.75, 3.05) is 0 Å². The molecule has 0 aromatic carbocycles. The minimum Gasteiger partial charge on any atom is -0.411 e. The van der Waals surface area contributed by atoms with Crippen LogP contribution in [0.15, 0.2) is 10.3 Å². The molecular weight excluding hydrogens is 227 g/mol. The second kappa shape index (κ2) is 5.87. The SMILES string of the molecule is CC(=NO)C(C)=NO.[Sn]. The maximum atomic E-state index is 8.03. The molecule has 0 aromatic rings. The van der Waals surface area contributed by atoms with Gasteiger partial charge in [0.25, 0.3) is 0 Å². The van der Waals surface area contributed by atoms with E-state index in [1.165, 1.54) is 13.8 Å². The fraction of sp³-hybridized carbons (Fsp3) is 0.500. The first-order valence-electron chi connectivity index (χ1n) is 2.10. The molecule has 5 heteroatoms. The molecule has 9 heavy (non-hydrogen) atoms. The van der Waals surface area contributed by atoms with Crippen LogP contribution in [0.4, 0.5) is 0 Å². The van der Waals surface area contributed by atoms with Crippen molar-refractivity contribution in [2.45, 2.75) is 13.8 Å². The van der Waals surface area contributed by atoms with Crippen molar-refractivity contribution < 1.29 is 10.4 Å². The Morgan fingerprint density at radius 1 is 1.00 bits per heavy atom. The average molecular weight is 235 g/mol. The molecule has 4 radical (unpaired) electrons. The van der Waals surface area contributed by atoms with Gasteiger partial charge in [-0.05, 0) is 13.8 Å². The van der Waals surface area contributed by atoms with Gasteiger partial charge in [-0.1, -0.05) is 10.3 Å². The smallest absolute Gasteiger partial charge is 0.101 e. The van der Waals surface area contributed by atoms with Crippen molar-refractivity contribution in [1.29, 1.82) is 0 Å². The number of hydrogen-bond acceptors (Lipinski definition) is 4. The molecule has 0 saturated carbocycles. The summed E-state index contributed by atoms with van der Waals surface area (Å²) in [6, 6.07) is 0. The van der Waals surface area contributed by atoms with Crippen molar-refractivity contribution in [2.24, 2.45) is 10.3 Å². The van der Waals surface area contributed by atoms with Crippen LogP contribution in [0.2, 0.25) is 0 Å². The zero-order valence-corrected chi connectivity index (χ0v) is 8.14. The van der Waals surface area contributed by atoms with Crippen LogP contribution in [-0.2, 0) is 0 Å². The van der Waals surface area contributed by atoms with E-state index in [9.17, 15) is 0 Å². The van der Waals surface area contributed by atoms with E-state index in [0.29, 0.717) is 11.4 Å². The molecule has 0 spiro atoms. The van der Waals surface area contributed by atoms with Crippen molar-refractivity contribution >= 4 is 35.3 Å². The van der Waals surface area contributed by atoms with E-state index in [2.05, 4.69) is 10.3 Å². The second-order valence-electron chi connectivity index (χ2n) is 1.37. The first-order valence-corrected chi connectivity index (χ1v) is 2.10. The molecule has 0 heterocycles. The van der Waals surface area contributed by atoms with Gasteiger partial charge in [-0.2, -0.15) is 0 Å². The third-order valence-corrected chi connectivity index (χ3v) is 0.824. The molecule has 0 rings (SSSR count). The summed E-state index contributed by atoms with van der Waals surface area (Å²) >= 11 is 0. The molecule has 0 aliphatic heterocycles. The maximum Gasteiger partial charge on any atom is 0.101 e. The van der Waals surface area contributed by atoms with Gasteiger partial charge in [0, 0.05) is 23.9 Å². The summed E-state index contributed by atoms with van der Waals surface area (Å²) in [5.41, 5.74) is 0.625. The van der Waals surface area contributed by atoms with Crippen LogP contribution in [0.3, 0.4) is 0 Å². The van der Waals surface area contributed by atoms with Crippen LogP contribution in [0.1, 0.15) is 13.8 Å². The largest absolute Gasteiger partial charge is 0.411 e. The van der Waals surface area contributed by atoms with Gasteiger partial charge in [0.05, 0.1) is 0 Å². The van der Waals surface area contributed by atoms with E-state index in [-0.39, 0.29) is 23.9 Å². The molecule has 0 aliphatic carbocycles. The molecule has 0 saturated heterocycles. The minimum atomic E-state index is 0. The standard InChI is InChI=1S/C4H8N2O2.Sn/c1-3(5-7)4(2)6-8;/h7-8H,1-2H3;. The predicted molar refractivity (Wildman–Crippen MR) is 35.5 cm³/mol. The van der Waals surface area contributed by atoms with E-state index in [1.807, 2.05) is 0 Å². The van der Waals surface area contributed by atoms with Crippen molar-refractivity contribution in [1.82, 2.24) is 0 Å². The molecule has 0 atom stereocenters. The fourth-order valence-electron chi connectivity index (χ4n) is 0.145. The van der Waals surface area contributed by atoms with Gasteiger partial charge in [0.15, 0.2) is 0 Å². The summed E-state index contributed by atoms with van der Waals surface area (Å²) in [4.78, 5) is 0. The number of rotatable bonds is 1. The Bertz CT molecular complexity index is 117. The summed E-state index contributed by atoms with van der Waals surface area (Å²) in [6.07, 6.45) is 0. The average Bonchev–Trinajstić information content (AvgIpc) is 1.84. The van der Waals surface area contributed by atoms with Crippen LogP contribution in [-0.4, -0.2) is 45.7 Å². The molecule has 0 amide bonds. The van der Waals surface area contributed by atoms with Crippen molar-refractivity contribution in [3.63, 3.8) is 0 Å². The van der Waals surface area contributed by atoms with Crippen LogP contribution in [0.25, 0.3) is 0 Å². The molecule has 0 unspecified atom stereocenters. The van der Waals surface area contributed by atoms with E-state index in [4.69, 9.17) is 10.4 Å². The summed E-state index contributed by atoms with van der Waals surface area (Å²) < 4.78 is 0.